The van der Waals surface area contributed by atoms with Gasteiger partial charge in [-0.2, -0.15) is 0 Å². The van der Waals surface area contributed by atoms with Crippen molar-refractivity contribution in [2.24, 2.45) is 0 Å². The Morgan fingerprint density at radius 3 is 2.59 bits per heavy atom. The van der Waals surface area contributed by atoms with Crippen molar-refractivity contribution < 1.29 is 14.4 Å². The highest BCUT2D eigenvalue weighted by Gasteiger charge is 2.37. The van der Waals surface area contributed by atoms with Crippen molar-refractivity contribution in [1.82, 2.24) is 14.9 Å². The molecule has 0 aromatic carbocycles. The van der Waals surface area contributed by atoms with Crippen LogP contribution < -0.4 is 10.2 Å². The van der Waals surface area contributed by atoms with Gasteiger partial charge in [-0.05, 0) is 56.5 Å². The van der Waals surface area contributed by atoms with Crippen molar-refractivity contribution in [3.8, 4) is 0 Å². The number of amides is 4. The van der Waals surface area contributed by atoms with Gasteiger partial charge in [0.15, 0.2) is 0 Å². The summed E-state index contributed by atoms with van der Waals surface area (Å²) in [5.41, 5.74) is 3.24. The van der Waals surface area contributed by atoms with E-state index in [4.69, 9.17) is 0 Å². The summed E-state index contributed by atoms with van der Waals surface area (Å²) >= 11 is 0. The summed E-state index contributed by atoms with van der Waals surface area (Å²) in [6, 6.07) is 4.93. The third kappa shape index (κ3) is 3.48. The van der Waals surface area contributed by atoms with Gasteiger partial charge < -0.3 is 4.57 Å². The molecule has 3 heterocycles. The zero-order valence-corrected chi connectivity index (χ0v) is 16.6. The molecule has 4 rings (SSSR count). The van der Waals surface area contributed by atoms with Gasteiger partial charge in [-0.1, -0.05) is 19.3 Å². The van der Waals surface area contributed by atoms with Crippen molar-refractivity contribution in [1.29, 1.82) is 0 Å². The highest BCUT2D eigenvalue weighted by molar-refractivity contribution is 6.39. The van der Waals surface area contributed by atoms with Crippen molar-refractivity contribution in [3.63, 3.8) is 0 Å². The number of hydrogen-bond acceptors (Lipinski definition) is 4. The van der Waals surface area contributed by atoms with E-state index in [1.165, 1.54) is 25.5 Å². The van der Waals surface area contributed by atoms with Crippen molar-refractivity contribution in [2.75, 3.05) is 4.90 Å². The molecule has 1 N–H and O–H groups in total. The quantitative estimate of drug-likeness (QED) is 0.638. The molecule has 0 spiro atoms. The van der Waals surface area contributed by atoms with Gasteiger partial charge in [-0.25, -0.2) is 9.69 Å². The second kappa shape index (κ2) is 7.66. The van der Waals surface area contributed by atoms with E-state index in [0.717, 1.165) is 34.7 Å². The molecule has 2 aromatic heterocycles. The predicted octanol–water partition coefficient (Wildman–Crippen LogP) is 3.67. The molecule has 0 radical (unpaired) electrons. The molecular weight excluding hydrogens is 368 g/mol. The number of aromatic nitrogens is 2. The number of nitrogens with zero attached hydrogens (tertiary/aromatic N) is 3. The van der Waals surface area contributed by atoms with Crippen LogP contribution >= 0.6 is 0 Å². The molecule has 29 heavy (non-hydrogen) atoms. The van der Waals surface area contributed by atoms with Crippen LogP contribution in [-0.4, -0.2) is 27.4 Å². The molecule has 0 atom stereocenters. The monoisotopic (exact) mass is 392 g/mol. The number of urea groups is 1. The van der Waals surface area contributed by atoms with Crippen molar-refractivity contribution in [3.05, 3.63) is 53.1 Å². The SMILES string of the molecule is Cc1cc(/C=C2\C(=O)NC(=O)N(c3cccnc3)C2=O)c(C)n1C1CCCCC1. The first kappa shape index (κ1) is 19.1. The predicted molar refractivity (Wildman–Crippen MR) is 109 cm³/mol. The summed E-state index contributed by atoms with van der Waals surface area (Å²) in [7, 11) is 0. The fourth-order valence-corrected chi connectivity index (χ4v) is 4.38. The average Bonchev–Trinajstić information content (AvgIpc) is 2.99. The first-order chi connectivity index (χ1) is 14.0. The van der Waals surface area contributed by atoms with E-state index in [0.29, 0.717) is 11.7 Å². The van der Waals surface area contributed by atoms with Crippen LogP contribution in [0.25, 0.3) is 6.08 Å². The van der Waals surface area contributed by atoms with Crippen LogP contribution in [0.5, 0.6) is 0 Å². The minimum absolute atomic E-state index is 0.0580. The minimum atomic E-state index is -0.766. The molecule has 7 heteroatoms. The highest BCUT2D eigenvalue weighted by Crippen LogP contribution is 2.33. The normalized spacial score (nSPS) is 19.7. The number of carbonyl (C=O) groups is 3. The van der Waals surface area contributed by atoms with Crippen molar-refractivity contribution >= 4 is 29.6 Å². The molecule has 7 nitrogen and oxygen atoms in total. The van der Waals surface area contributed by atoms with Crippen LogP contribution in [0.15, 0.2) is 36.2 Å². The maximum absolute atomic E-state index is 13.0. The summed E-state index contributed by atoms with van der Waals surface area (Å²) in [5, 5.41) is 2.26. The van der Waals surface area contributed by atoms with E-state index in [-0.39, 0.29) is 5.57 Å². The fraction of sp³-hybridized carbons (Fsp3) is 0.364. The number of pyridine rings is 1. The number of nitrogens with one attached hydrogen (secondary N) is 1. The lowest BCUT2D eigenvalue weighted by molar-refractivity contribution is -0.122. The van der Waals surface area contributed by atoms with Crippen LogP contribution in [-0.2, 0) is 9.59 Å². The number of rotatable bonds is 3. The van der Waals surface area contributed by atoms with Crippen LogP contribution in [0.1, 0.15) is 55.1 Å². The zero-order chi connectivity index (χ0) is 20.5. The van der Waals surface area contributed by atoms with Gasteiger partial charge in [-0.15, -0.1) is 0 Å². The standard InChI is InChI=1S/C22H24N4O3/c1-14-11-16(15(2)25(14)17-7-4-3-5-8-17)12-19-20(27)24-22(29)26(21(19)28)18-9-6-10-23-13-18/h6,9-13,17H,3-5,7-8H2,1-2H3,(H,24,27,29)/b19-12+. The molecule has 1 aliphatic heterocycles. The lowest BCUT2D eigenvalue weighted by Crippen LogP contribution is -2.54. The number of anilines is 1. The molecule has 2 fully saturated rings. The Hall–Kier alpha value is -3.22. The largest absolute Gasteiger partial charge is 0.346 e. The number of imide groups is 2. The molecule has 0 bridgehead atoms. The Morgan fingerprint density at radius 1 is 1.14 bits per heavy atom. The number of barbiturate groups is 1. The van der Waals surface area contributed by atoms with Gasteiger partial charge in [0.25, 0.3) is 11.8 Å². The molecule has 1 aliphatic carbocycles. The summed E-state index contributed by atoms with van der Waals surface area (Å²) in [5.74, 6) is -1.32. The Kier molecular flexibility index (Phi) is 5.05. The van der Waals surface area contributed by atoms with Gasteiger partial charge in [0, 0.05) is 23.6 Å². The van der Waals surface area contributed by atoms with Gasteiger partial charge in [-0.3, -0.25) is 19.9 Å². The average molecular weight is 392 g/mol. The van der Waals surface area contributed by atoms with Crippen molar-refractivity contribution in [2.45, 2.75) is 52.0 Å². The topological polar surface area (TPSA) is 84.3 Å². The molecule has 2 aliphatic rings. The van der Waals surface area contributed by atoms with Gasteiger partial charge >= 0.3 is 6.03 Å². The van der Waals surface area contributed by atoms with E-state index >= 15 is 0 Å². The van der Waals surface area contributed by atoms with E-state index < -0.39 is 17.8 Å². The first-order valence-electron chi connectivity index (χ1n) is 9.97. The first-order valence-corrected chi connectivity index (χ1v) is 9.97. The van der Waals surface area contributed by atoms with Crippen LogP contribution in [0, 0.1) is 13.8 Å². The van der Waals surface area contributed by atoms with Crippen LogP contribution in [0.4, 0.5) is 10.5 Å². The Balaban J connectivity index is 1.71. The lowest BCUT2D eigenvalue weighted by atomic mass is 9.95. The molecule has 150 valence electrons. The van der Waals surface area contributed by atoms with Crippen LogP contribution in [0.2, 0.25) is 0 Å². The van der Waals surface area contributed by atoms with E-state index in [1.54, 1.807) is 24.4 Å². The smallest absolute Gasteiger partial charge is 0.336 e. The molecule has 1 saturated carbocycles. The Labute approximate surface area is 169 Å². The maximum atomic E-state index is 13.0. The summed E-state index contributed by atoms with van der Waals surface area (Å²) in [6.45, 7) is 4.07. The molecule has 2 aromatic rings. The van der Waals surface area contributed by atoms with Gasteiger partial charge in [0.05, 0.1) is 11.9 Å². The Morgan fingerprint density at radius 2 is 1.90 bits per heavy atom. The molecule has 4 amide bonds. The number of hydrogen-bond donors (Lipinski definition) is 1. The molecule has 1 saturated heterocycles. The summed E-state index contributed by atoms with van der Waals surface area (Å²) < 4.78 is 2.32. The third-order valence-electron chi connectivity index (χ3n) is 5.77. The van der Waals surface area contributed by atoms with E-state index in [2.05, 4.69) is 21.8 Å². The minimum Gasteiger partial charge on any atom is -0.346 e. The Bertz CT molecular complexity index is 1000. The summed E-state index contributed by atoms with van der Waals surface area (Å²) in [6.07, 6.45) is 10.6. The fourth-order valence-electron chi connectivity index (χ4n) is 4.38. The van der Waals surface area contributed by atoms with E-state index in [9.17, 15) is 14.4 Å². The maximum Gasteiger partial charge on any atom is 0.336 e. The second-order valence-corrected chi connectivity index (χ2v) is 7.66. The highest BCUT2D eigenvalue weighted by atomic mass is 16.2. The number of aryl methyl sites for hydroxylation is 1. The second-order valence-electron chi connectivity index (χ2n) is 7.66. The lowest BCUT2D eigenvalue weighted by Gasteiger charge is -2.27. The van der Waals surface area contributed by atoms with E-state index in [1.807, 2.05) is 13.0 Å². The third-order valence-corrected chi connectivity index (χ3v) is 5.77. The molecular formula is C22H24N4O3. The van der Waals surface area contributed by atoms with Gasteiger partial charge in [0.1, 0.15) is 5.57 Å². The summed E-state index contributed by atoms with van der Waals surface area (Å²) in [4.78, 5) is 42.6. The number of carbonyl (C=O) groups excluding carboxylic acids is 3. The van der Waals surface area contributed by atoms with Gasteiger partial charge in [0.2, 0.25) is 0 Å². The molecule has 0 unspecified atom stereocenters. The van der Waals surface area contributed by atoms with Crippen LogP contribution in [0.3, 0.4) is 0 Å². The zero-order valence-electron chi connectivity index (χ0n) is 16.6.